The molecule has 1 aromatic heterocycles. The molecule has 1 heterocycles. The first-order valence-electron chi connectivity index (χ1n) is 4.29. The van der Waals surface area contributed by atoms with Crippen molar-refractivity contribution in [2.45, 2.75) is 4.90 Å². The van der Waals surface area contributed by atoms with Gasteiger partial charge in [-0.05, 0) is 12.1 Å². The number of sulfonamides is 1. The standard InChI is InChI=1S/C9H8N2O4S/c12-8-2-1-3-9(4-8)16(13,14)11-7-5-10-15-6-7/h1-6,11-12H. The summed E-state index contributed by atoms with van der Waals surface area (Å²) < 4.78 is 30.3. The molecule has 0 unspecified atom stereocenters. The average Bonchev–Trinajstić information content (AvgIpc) is 2.70. The molecule has 2 N–H and O–H groups in total. The van der Waals surface area contributed by atoms with Gasteiger partial charge in [0.2, 0.25) is 0 Å². The Morgan fingerprint density at radius 2 is 2.19 bits per heavy atom. The van der Waals surface area contributed by atoms with E-state index in [2.05, 4.69) is 14.4 Å². The van der Waals surface area contributed by atoms with E-state index in [4.69, 9.17) is 0 Å². The van der Waals surface area contributed by atoms with Crippen molar-refractivity contribution in [2.24, 2.45) is 0 Å². The molecular weight excluding hydrogens is 232 g/mol. The molecule has 16 heavy (non-hydrogen) atoms. The van der Waals surface area contributed by atoms with Crippen molar-refractivity contribution in [1.29, 1.82) is 0 Å². The Kier molecular flexibility index (Phi) is 2.53. The fraction of sp³-hybridized carbons (Fsp3) is 0. The number of hydrogen-bond acceptors (Lipinski definition) is 5. The summed E-state index contributed by atoms with van der Waals surface area (Å²) in [5.41, 5.74) is 0.225. The van der Waals surface area contributed by atoms with Crippen LogP contribution in [0.3, 0.4) is 0 Å². The average molecular weight is 240 g/mol. The summed E-state index contributed by atoms with van der Waals surface area (Å²) in [6, 6.07) is 5.35. The van der Waals surface area contributed by atoms with Crippen molar-refractivity contribution in [3.8, 4) is 5.75 Å². The van der Waals surface area contributed by atoms with Crippen LogP contribution in [0.4, 0.5) is 5.69 Å². The van der Waals surface area contributed by atoms with Crippen LogP contribution in [-0.2, 0) is 10.0 Å². The molecule has 0 atom stereocenters. The fourth-order valence-corrected chi connectivity index (χ4v) is 2.18. The summed E-state index contributed by atoms with van der Waals surface area (Å²) in [7, 11) is -3.72. The van der Waals surface area contributed by atoms with Crippen molar-refractivity contribution in [3.63, 3.8) is 0 Å². The van der Waals surface area contributed by atoms with Gasteiger partial charge >= 0.3 is 0 Å². The molecule has 0 amide bonds. The molecule has 0 spiro atoms. The number of aromatic nitrogens is 1. The highest BCUT2D eigenvalue weighted by atomic mass is 32.2. The summed E-state index contributed by atoms with van der Waals surface area (Å²) >= 11 is 0. The monoisotopic (exact) mass is 240 g/mol. The smallest absolute Gasteiger partial charge is 0.262 e. The van der Waals surface area contributed by atoms with Gasteiger partial charge in [-0.3, -0.25) is 4.72 Å². The van der Waals surface area contributed by atoms with E-state index in [1.165, 1.54) is 30.7 Å². The Morgan fingerprint density at radius 3 is 2.81 bits per heavy atom. The normalized spacial score (nSPS) is 11.2. The highest BCUT2D eigenvalue weighted by molar-refractivity contribution is 7.92. The molecule has 0 fully saturated rings. The van der Waals surface area contributed by atoms with Gasteiger partial charge in [-0.2, -0.15) is 0 Å². The van der Waals surface area contributed by atoms with Crippen molar-refractivity contribution < 1.29 is 18.0 Å². The zero-order chi connectivity index (χ0) is 11.6. The second-order valence-electron chi connectivity index (χ2n) is 3.02. The lowest BCUT2D eigenvalue weighted by Gasteiger charge is -2.05. The molecule has 0 radical (unpaired) electrons. The molecule has 0 aliphatic rings. The zero-order valence-corrected chi connectivity index (χ0v) is 8.81. The summed E-state index contributed by atoms with van der Waals surface area (Å²) in [6.45, 7) is 0. The predicted molar refractivity (Wildman–Crippen MR) is 55.4 cm³/mol. The van der Waals surface area contributed by atoms with Crippen LogP contribution >= 0.6 is 0 Å². The Morgan fingerprint density at radius 1 is 1.38 bits per heavy atom. The van der Waals surface area contributed by atoms with Gasteiger partial charge in [-0.25, -0.2) is 8.42 Å². The molecule has 84 valence electrons. The minimum absolute atomic E-state index is 0.0336. The van der Waals surface area contributed by atoms with Gasteiger partial charge in [0.1, 0.15) is 17.7 Å². The van der Waals surface area contributed by atoms with Gasteiger partial charge in [0.25, 0.3) is 10.0 Å². The minimum Gasteiger partial charge on any atom is -0.508 e. The Balaban J connectivity index is 2.33. The maximum Gasteiger partial charge on any atom is 0.262 e. The number of rotatable bonds is 3. The van der Waals surface area contributed by atoms with Gasteiger partial charge in [-0.15, -0.1) is 0 Å². The fourth-order valence-electron chi connectivity index (χ4n) is 1.12. The lowest BCUT2D eigenvalue weighted by atomic mass is 10.3. The Labute approximate surface area is 91.6 Å². The van der Waals surface area contributed by atoms with E-state index < -0.39 is 10.0 Å². The van der Waals surface area contributed by atoms with Crippen LogP contribution < -0.4 is 4.72 Å². The van der Waals surface area contributed by atoms with Crippen molar-refractivity contribution in [2.75, 3.05) is 4.72 Å². The van der Waals surface area contributed by atoms with E-state index in [9.17, 15) is 13.5 Å². The quantitative estimate of drug-likeness (QED) is 0.840. The van der Waals surface area contributed by atoms with Crippen molar-refractivity contribution >= 4 is 15.7 Å². The Bertz CT molecular complexity index is 577. The number of phenolic OH excluding ortho intramolecular Hbond substituents is 1. The molecule has 7 heteroatoms. The van der Waals surface area contributed by atoms with E-state index in [0.717, 1.165) is 6.07 Å². The van der Waals surface area contributed by atoms with Crippen molar-refractivity contribution in [3.05, 3.63) is 36.7 Å². The third-order valence-corrected chi connectivity index (χ3v) is 3.19. The molecule has 2 rings (SSSR count). The van der Waals surface area contributed by atoms with Gasteiger partial charge in [0.15, 0.2) is 0 Å². The maximum absolute atomic E-state index is 11.8. The molecule has 2 aromatic rings. The highest BCUT2D eigenvalue weighted by Crippen LogP contribution is 2.18. The largest absolute Gasteiger partial charge is 0.508 e. The van der Waals surface area contributed by atoms with E-state index in [1.54, 1.807) is 0 Å². The first-order chi connectivity index (χ1) is 7.58. The number of aromatic hydroxyl groups is 1. The number of hydrogen-bond donors (Lipinski definition) is 2. The molecule has 6 nitrogen and oxygen atoms in total. The van der Waals surface area contributed by atoms with Crippen LogP contribution in [0.2, 0.25) is 0 Å². The third kappa shape index (κ3) is 2.14. The summed E-state index contributed by atoms with van der Waals surface area (Å²) in [4.78, 5) is -0.0336. The van der Waals surface area contributed by atoms with Gasteiger partial charge in [0.05, 0.1) is 11.1 Å². The number of anilines is 1. The summed E-state index contributed by atoms with van der Waals surface area (Å²) in [5.74, 6) is -0.117. The van der Waals surface area contributed by atoms with Gasteiger partial charge < -0.3 is 9.63 Å². The number of nitrogens with one attached hydrogen (secondary N) is 1. The molecule has 0 aliphatic heterocycles. The topological polar surface area (TPSA) is 92.4 Å². The number of phenols is 1. The van der Waals surface area contributed by atoms with Crippen LogP contribution in [0.1, 0.15) is 0 Å². The van der Waals surface area contributed by atoms with E-state index in [-0.39, 0.29) is 16.3 Å². The van der Waals surface area contributed by atoms with Gasteiger partial charge in [0, 0.05) is 6.07 Å². The first-order valence-corrected chi connectivity index (χ1v) is 5.77. The summed E-state index contributed by atoms with van der Waals surface area (Å²) in [6.07, 6.45) is 2.40. The number of benzene rings is 1. The van der Waals surface area contributed by atoms with E-state index >= 15 is 0 Å². The van der Waals surface area contributed by atoms with E-state index in [1.807, 2.05) is 0 Å². The van der Waals surface area contributed by atoms with Crippen LogP contribution in [0.15, 0.2) is 46.1 Å². The first kappa shape index (κ1) is 10.5. The zero-order valence-electron chi connectivity index (χ0n) is 7.99. The highest BCUT2D eigenvalue weighted by Gasteiger charge is 2.15. The molecule has 0 saturated carbocycles. The molecule has 0 aliphatic carbocycles. The molecule has 0 bridgehead atoms. The van der Waals surface area contributed by atoms with Crippen LogP contribution in [0.5, 0.6) is 5.75 Å². The third-order valence-electron chi connectivity index (χ3n) is 1.81. The van der Waals surface area contributed by atoms with E-state index in [0.29, 0.717) is 0 Å². The second kappa shape index (κ2) is 3.86. The van der Waals surface area contributed by atoms with Gasteiger partial charge in [-0.1, -0.05) is 11.2 Å². The lowest BCUT2D eigenvalue weighted by molar-refractivity contribution is 0.420. The molecule has 1 aromatic carbocycles. The molecular formula is C9H8N2O4S. The van der Waals surface area contributed by atoms with Crippen LogP contribution in [0, 0.1) is 0 Å². The summed E-state index contributed by atoms with van der Waals surface area (Å²) in [5, 5.41) is 12.5. The maximum atomic E-state index is 11.8. The van der Waals surface area contributed by atoms with Crippen LogP contribution in [-0.4, -0.2) is 18.7 Å². The second-order valence-corrected chi connectivity index (χ2v) is 4.70. The van der Waals surface area contributed by atoms with Crippen molar-refractivity contribution in [1.82, 2.24) is 5.16 Å². The number of nitrogens with zero attached hydrogens (tertiary/aromatic N) is 1. The SMILES string of the molecule is O=S(=O)(Nc1cnoc1)c1cccc(O)c1. The lowest BCUT2D eigenvalue weighted by Crippen LogP contribution is -2.12. The molecule has 0 saturated heterocycles. The Hall–Kier alpha value is -2.02. The van der Waals surface area contributed by atoms with Crippen LogP contribution in [0.25, 0.3) is 0 Å². The predicted octanol–water partition coefficient (Wildman–Crippen LogP) is 1.18. The minimum atomic E-state index is -3.72.